The van der Waals surface area contributed by atoms with Gasteiger partial charge < -0.3 is 4.74 Å². The molecule has 124 valence electrons. The van der Waals surface area contributed by atoms with Crippen molar-refractivity contribution in [1.82, 2.24) is 14.6 Å². The summed E-state index contributed by atoms with van der Waals surface area (Å²) >= 11 is 0. The van der Waals surface area contributed by atoms with E-state index in [1.165, 1.54) is 29.2 Å². The highest BCUT2D eigenvalue weighted by molar-refractivity contribution is 5.56. The lowest BCUT2D eigenvalue weighted by Gasteiger charge is -2.14. The summed E-state index contributed by atoms with van der Waals surface area (Å²) in [5.74, 6) is -3.09. The molecule has 0 radical (unpaired) electrons. The first-order valence-electron chi connectivity index (χ1n) is 6.28. The molecular formula is C13H6F4N4O3. The van der Waals surface area contributed by atoms with Crippen LogP contribution in [0.2, 0.25) is 0 Å². The first-order valence-corrected chi connectivity index (χ1v) is 6.28. The maximum Gasteiger partial charge on any atom is 0.423 e. The second-order valence-corrected chi connectivity index (χ2v) is 4.55. The van der Waals surface area contributed by atoms with Gasteiger partial charge in [-0.05, 0) is 12.1 Å². The minimum atomic E-state index is -5.18. The van der Waals surface area contributed by atoms with E-state index in [-0.39, 0.29) is 11.4 Å². The summed E-state index contributed by atoms with van der Waals surface area (Å²) in [7, 11) is 0. The van der Waals surface area contributed by atoms with E-state index in [4.69, 9.17) is 4.74 Å². The number of nitro benzene ring substituents is 1. The summed E-state index contributed by atoms with van der Waals surface area (Å²) in [5, 5.41) is 14.8. The molecule has 0 spiro atoms. The number of ether oxygens (including phenoxy) is 1. The van der Waals surface area contributed by atoms with Crippen molar-refractivity contribution < 1.29 is 27.2 Å². The molecule has 0 aliphatic rings. The van der Waals surface area contributed by atoms with Crippen molar-refractivity contribution in [2.75, 3.05) is 0 Å². The summed E-state index contributed by atoms with van der Waals surface area (Å²) in [6, 6.07) is 3.41. The SMILES string of the molecule is O=[N+]([O-])c1ccc(F)c(C(F)(F)F)c1Oc1ccn2ncnc2c1. The Labute approximate surface area is 130 Å². The van der Waals surface area contributed by atoms with Crippen LogP contribution < -0.4 is 4.74 Å². The fourth-order valence-electron chi connectivity index (χ4n) is 2.04. The van der Waals surface area contributed by atoms with Crippen LogP contribution in [0.25, 0.3) is 5.65 Å². The Bertz CT molecular complexity index is 939. The third-order valence-corrected chi connectivity index (χ3v) is 3.04. The van der Waals surface area contributed by atoms with E-state index >= 15 is 0 Å². The van der Waals surface area contributed by atoms with Crippen LogP contribution in [-0.4, -0.2) is 19.5 Å². The summed E-state index contributed by atoms with van der Waals surface area (Å²) in [6.45, 7) is 0. The molecule has 2 aromatic heterocycles. The van der Waals surface area contributed by atoms with Crippen LogP contribution in [0.4, 0.5) is 23.2 Å². The van der Waals surface area contributed by atoms with E-state index in [1.54, 1.807) is 0 Å². The minimum absolute atomic E-state index is 0.185. The van der Waals surface area contributed by atoms with Crippen LogP contribution in [0.15, 0.2) is 36.8 Å². The van der Waals surface area contributed by atoms with E-state index in [9.17, 15) is 27.7 Å². The largest absolute Gasteiger partial charge is 0.449 e. The van der Waals surface area contributed by atoms with Crippen molar-refractivity contribution in [2.45, 2.75) is 6.18 Å². The van der Waals surface area contributed by atoms with Gasteiger partial charge in [-0.25, -0.2) is 13.9 Å². The van der Waals surface area contributed by atoms with E-state index in [1.807, 2.05) is 0 Å². The van der Waals surface area contributed by atoms with Gasteiger partial charge in [0, 0.05) is 18.3 Å². The van der Waals surface area contributed by atoms with Crippen molar-refractivity contribution in [1.29, 1.82) is 0 Å². The Hall–Kier alpha value is -3.24. The molecule has 11 heteroatoms. The Morgan fingerprint density at radius 2 is 2.00 bits per heavy atom. The summed E-state index contributed by atoms with van der Waals surface area (Å²) in [6.07, 6.45) is -2.65. The van der Waals surface area contributed by atoms with E-state index in [0.29, 0.717) is 12.1 Å². The molecular weight excluding hydrogens is 336 g/mol. The molecule has 0 saturated heterocycles. The molecule has 0 saturated carbocycles. The molecule has 0 unspecified atom stereocenters. The maximum atomic E-state index is 13.6. The van der Waals surface area contributed by atoms with Gasteiger partial charge in [0.1, 0.15) is 23.5 Å². The number of hydrogen-bond acceptors (Lipinski definition) is 5. The fraction of sp³-hybridized carbons (Fsp3) is 0.0769. The van der Waals surface area contributed by atoms with Gasteiger partial charge in [0.05, 0.1) is 4.92 Å². The normalized spacial score (nSPS) is 11.7. The molecule has 0 aliphatic carbocycles. The average molecular weight is 342 g/mol. The summed E-state index contributed by atoms with van der Waals surface area (Å²) in [4.78, 5) is 13.7. The zero-order valence-corrected chi connectivity index (χ0v) is 11.5. The number of nitro groups is 1. The standard InChI is InChI=1S/C13H6F4N4O3/c14-8-1-2-9(21(22)23)12(11(8)13(15,16)17)24-7-3-4-20-10(5-7)18-6-19-20/h1-6H. The number of nitrogens with zero attached hydrogens (tertiary/aromatic N) is 4. The van der Waals surface area contributed by atoms with E-state index in [2.05, 4.69) is 10.1 Å². The third-order valence-electron chi connectivity index (χ3n) is 3.04. The van der Waals surface area contributed by atoms with Gasteiger partial charge in [0.25, 0.3) is 0 Å². The molecule has 0 amide bonds. The smallest absolute Gasteiger partial charge is 0.423 e. The van der Waals surface area contributed by atoms with Crippen molar-refractivity contribution in [3.8, 4) is 11.5 Å². The van der Waals surface area contributed by atoms with Crippen molar-refractivity contribution >= 4 is 11.3 Å². The Kier molecular flexibility index (Phi) is 3.55. The molecule has 0 N–H and O–H groups in total. The zero-order chi connectivity index (χ0) is 17.5. The van der Waals surface area contributed by atoms with Gasteiger partial charge in [-0.15, -0.1) is 0 Å². The van der Waals surface area contributed by atoms with Gasteiger partial charge in [0.2, 0.25) is 5.75 Å². The molecule has 24 heavy (non-hydrogen) atoms. The second kappa shape index (κ2) is 5.44. The Morgan fingerprint density at radius 1 is 1.25 bits per heavy atom. The van der Waals surface area contributed by atoms with Gasteiger partial charge in [-0.1, -0.05) is 0 Å². The van der Waals surface area contributed by atoms with Crippen LogP contribution in [0.5, 0.6) is 11.5 Å². The maximum absolute atomic E-state index is 13.6. The molecule has 0 atom stereocenters. The molecule has 3 aromatic rings. The Morgan fingerprint density at radius 3 is 2.67 bits per heavy atom. The van der Waals surface area contributed by atoms with Crippen LogP contribution in [0, 0.1) is 15.9 Å². The van der Waals surface area contributed by atoms with Gasteiger partial charge in [-0.3, -0.25) is 10.1 Å². The highest BCUT2D eigenvalue weighted by atomic mass is 19.4. The van der Waals surface area contributed by atoms with Crippen molar-refractivity contribution in [2.24, 2.45) is 0 Å². The Balaban J connectivity index is 2.17. The lowest BCUT2D eigenvalue weighted by atomic mass is 10.1. The van der Waals surface area contributed by atoms with Crippen molar-refractivity contribution in [3.63, 3.8) is 0 Å². The number of hydrogen-bond donors (Lipinski definition) is 0. The zero-order valence-electron chi connectivity index (χ0n) is 11.5. The predicted molar refractivity (Wildman–Crippen MR) is 71.1 cm³/mol. The first-order chi connectivity index (χ1) is 11.3. The first kappa shape index (κ1) is 15.6. The lowest BCUT2D eigenvalue weighted by Crippen LogP contribution is -2.12. The number of fused-ring (bicyclic) bond motifs is 1. The second-order valence-electron chi connectivity index (χ2n) is 4.55. The fourth-order valence-corrected chi connectivity index (χ4v) is 2.04. The number of pyridine rings is 1. The molecule has 0 fully saturated rings. The molecule has 7 nitrogen and oxygen atoms in total. The lowest BCUT2D eigenvalue weighted by molar-refractivity contribution is -0.386. The van der Waals surface area contributed by atoms with Crippen LogP contribution in [0.3, 0.4) is 0 Å². The van der Waals surface area contributed by atoms with Crippen LogP contribution >= 0.6 is 0 Å². The number of rotatable bonds is 3. The predicted octanol–water partition coefficient (Wildman–Crippen LogP) is 3.59. The highest BCUT2D eigenvalue weighted by Gasteiger charge is 2.41. The molecule has 1 aromatic carbocycles. The molecule has 2 heterocycles. The van der Waals surface area contributed by atoms with Gasteiger partial charge in [-0.2, -0.15) is 18.3 Å². The third kappa shape index (κ3) is 2.71. The van der Waals surface area contributed by atoms with Gasteiger partial charge >= 0.3 is 11.9 Å². The van der Waals surface area contributed by atoms with Crippen molar-refractivity contribution in [3.05, 3.63) is 58.3 Å². The average Bonchev–Trinajstić information content (AvgIpc) is 2.93. The monoisotopic (exact) mass is 342 g/mol. The molecule has 0 bridgehead atoms. The van der Waals surface area contributed by atoms with Crippen LogP contribution in [-0.2, 0) is 6.18 Å². The summed E-state index contributed by atoms with van der Waals surface area (Å²) < 4.78 is 59.2. The molecule has 3 rings (SSSR count). The number of alkyl halides is 3. The number of halogens is 4. The topological polar surface area (TPSA) is 82.6 Å². The van der Waals surface area contributed by atoms with E-state index < -0.39 is 33.9 Å². The number of aromatic nitrogens is 3. The van der Waals surface area contributed by atoms with E-state index in [0.717, 1.165) is 0 Å². The highest BCUT2D eigenvalue weighted by Crippen LogP contribution is 2.44. The quantitative estimate of drug-likeness (QED) is 0.413. The minimum Gasteiger partial charge on any atom is -0.449 e. The summed E-state index contributed by atoms with van der Waals surface area (Å²) in [5.41, 5.74) is -2.62. The molecule has 0 aliphatic heterocycles. The van der Waals surface area contributed by atoms with Gasteiger partial charge in [0.15, 0.2) is 5.65 Å². The van der Waals surface area contributed by atoms with Crippen LogP contribution in [0.1, 0.15) is 5.56 Å². The number of benzene rings is 1.